The Hall–Kier alpha value is -3.40. The van der Waals surface area contributed by atoms with Crippen molar-refractivity contribution in [2.75, 3.05) is 7.11 Å². The molecule has 146 valence electrons. The Bertz CT molecular complexity index is 1010. The highest BCUT2D eigenvalue weighted by Crippen LogP contribution is 2.25. The van der Waals surface area contributed by atoms with E-state index in [0.717, 1.165) is 27.8 Å². The first-order valence-corrected chi connectivity index (χ1v) is 9.74. The van der Waals surface area contributed by atoms with Gasteiger partial charge in [-0.25, -0.2) is 4.79 Å². The van der Waals surface area contributed by atoms with Crippen molar-refractivity contribution < 1.29 is 14.3 Å². The second kappa shape index (κ2) is 8.31. The van der Waals surface area contributed by atoms with Crippen LogP contribution in [0.4, 0.5) is 0 Å². The van der Waals surface area contributed by atoms with Gasteiger partial charge >= 0.3 is 5.97 Å². The second-order valence-electron chi connectivity index (χ2n) is 7.27. The van der Waals surface area contributed by atoms with Gasteiger partial charge in [0.05, 0.1) is 13.5 Å². The lowest BCUT2D eigenvalue weighted by Gasteiger charge is -2.35. The largest absolute Gasteiger partial charge is 0.467 e. The van der Waals surface area contributed by atoms with Gasteiger partial charge in [-0.05, 0) is 27.8 Å². The summed E-state index contributed by atoms with van der Waals surface area (Å²) in [5.74, 6) is -0.436. The standard InChI is InChI=1S/C25H23NO3/c1-29-25(28)23-16-21-9-5-6-10-22(21)17-26(23)24(27)15-18-11-13-20(14-12-18)19-7-3-2-4-8-19/h2-14,23H,15-17H2,1H3. The van der Waals surface area contributed by atoms with Gasteiger partial charge in [-0.1, -0.05) is 78.9 Å². The lowest BCUT2D eigenvalue weighted by Crippen LogP contribution is -2.49. The summed E-state index contributed by atoms with van der Waals surface area (Å²) in [4.78, 5) is 27.1. The van der Waals surface area contributed by atoms with Crippen LogP contribution in [0.2, 0.25) is 0 Å². The molecule has 0 spiro atoms. The minimum Gasteiger partial charge on any atom is -0.467 e. The normalized spacial score (nSPS) is 15.5. The molecule has 0 aromatic heterocycles. The number of hydrogen-bond donors (Lipinski definition) is 0. The van der Waals surface area contributed by atoms with Gasteiger partial charge in [-0.3, -0.25) is 4.79 Å². The van der Waals surface area contributed by atoms with E-state index in [9.17, 15) is 9.59 Å². The fraction of sp³-hybridized carbons (Fsp3) is 0.200. The highest BCUT2D eigenvalue weighted by atomic mass is 16.5. The van der Waals surface area contributed by atoms with E-state index in [-0.39, 0.29) is 18.3 Å². The first-order valence-electron chi connectivity index (χ1n) is 9.74. The molecular weight excluding hydrogens is 362 g/mol. The third-order valence-corrected chi connectivity index (χ3v) is 5.46. The molecule has 3 aromatic rings. The minimum absolute atomic E-state index is 0.0673. The van der Waals surface area contributed by atoms with Crippen molar-refractivity contribution in [2.24, 2.45) is 0 Å². The van der Waals surface area contributed by atoms with Gasteiger partial charge in [0, 0.05) is 13.0 Å². The van der Waals surface area contributed by atoms with Crippen LogP contribution in [0.1, 0.15) is 16.7 Å². The molecule has 3 aromatic carbocycles. The van der Waals surface area contributed by atoms with Crippen molar-refractivity contribution >= 4 is 11.9 Å². The number of nitrogens with zero attached hydrogens (tertiary/aromatic N) is 1. The van der Waals surface area contributed by atoms with Crippen LogP contribution in [-0.2, 0) is 33.7 Å². The van der Waals surface area contributed by atoms with Gasteiger partial charge in [0.15, 0.2) is 0 Å². The zero-order valence-corrected chi connectivity index (χ0v) is 16.4. The first-order chi connectivity index (χ1) is 14.2. The monoisotopic (exact) mass is 385 g/mol. The fourth-order valence-corrected chi connectivity index (χ4v) is 3.85. The number of carbonyl (C=O) groups excluding carboxylic acids is 2. The predicted octanol–water partition coefficient (Wildman–Crippen LogP) is 4.02. The molecule has 1 heterocycles. The molecule has 29 heavy (non-hydrogen) atoms. The van der Waals surface area contributed by atoms with Crippen molar-refractivity contribution in [3.05, 3.63) is 95.6 Å². The van der Waals surface area contributed by atoms with Gasteiger partial charge in [0.25, 0.3) is 0 Å². The van der Waals surface area contributed by atoms with Gasteiger partial charge in [0.1, 0.15) is 6.04 Å². The average Bonchev–Trinajstić information content (AvgIpc) is 2.78. The van der Waals surface area contributed by atoms with Crippen LogP contribution in [0, 0.1) is 0 Å². The molecule has 1 aliphatic heterocycles. The number of benzene rings is 3. The van der Waals surface area contributed by atoms with E-state index < -0.39 is 6.04 Å². The van der Waals surface area contributed by atoms with Crippen LogP contribution in [0.3, 0.4) is 0 Å². The summed E-state index contributed by atoms with van der Waals surface area (Å²) in [5, 5.41) is 0. The van der Waals surface area contributed by atoms with E-state index in [4.69, 9.17) is 4.74 Å². The lowest BCUT2D eigenvalue weighted by molar-refractivity contribution is -0.153. The summed E-state index contributed by atoms with van der Waals surface area (Å²) in [6.45, 7) is 0.427. The molecule has 0 saturated heterocycles. The molecule has 0 bridgehead atoms. The van der Waals surface area contributed by atoms with E-state index in [1.165, 1.54) is 7.11 Å². The van der Waals surface area contributed by atoms with Crippen LogP contribution in [0.25, 0.3) is 11.1 Å². The van der Waals surface area contributed by atoms with E-state index in [2.05, 4.69) is 12.1 Å². The Kier molecular flexibility index (Phi) is 5.43. The van der Waals surface area contributed by atoms with Crippen molar-refractivity contribution in [2.45, 2.75) is 25.4 Å². The Labute approximate surface area is 170 Å². The Morgan fingerprint density at radius 2 is 1.48 bits per heavy atom. The number of amides is 1. The lowest BCUT2D eigenvalue weighted by atomic mass is 9.93. The molecule has 0 radical (unpaired) electrons. The molecule has 4 nitrogen and oxygen atoms in total. The summed E-state index contributed by atoms with van der Waals surface area (Å²) in [6.07, 6.45) is 0.742. The summed E-state index contributed by atoms with van der Waals surface area (Å²) in [7, 11) is 1.37. The minimum atomic E-state index is -0.578. The van der Waals surface area contributed by atoms with E-state index >= 15 is 0 Å². The maximum atomic E-state index is 13.1. The van der Waals surface area contributed by atoms with Gasteiger partial charge < -0.3 is 9.64 Å². The van der Waals surface area contributed by atoms with Crippen LogP contribution >= 0.6 is 0 Å². The highest BCUT2D eigenvalue weighted by Gasteiger charge is 2.35. The average molecular weight is 385 g/mol. The third-order valence-electron chi connectivity index (χ3n) is 5.46. The summed E-state index contributed by atoms with van der Waals surface area (Å²) >= 11 is 0. The molecular formula is C25H23NO3. The maximum absolute atomic E-state index is 13.1. The number of esters is 1. The van der Waals surface area contributed by atoms with Crippen molar-refractivity contribution in [3.63, 3.8) is 0 Å². The number of hydrogen-bond acceptors (Lipinski definition) is 3. The van der Waals surface area contributed by atoms with Gasteiger partial charge in [-0.15, -0.1) is 0 Å². The molecule has 1 atom stereocenters. The molecule has 0 aliphatic carbocycles. The van der Waals surface area contributed by atoms with Gasteiger partial charge in [0.2, 0.25) is 5.91 Å². The molecule has 1 amide bonds. The third kappa shape index (κ3) is 4.06. The predicted molar refractivity (Wildman–Crippen MR) is 112 cm³/mol. The SMILES string of the molecule is COC(=O)C1Cc2ccccc2CN1C(=O)Cc1ccc(-c2ccccc2)cc1. The zero-order chi connectivity index (χ0) is 20.2. The highest BCUT2D eigenvalue weighted by molar-refractivity contribution is 5.86. The van der Waals surface area contributed by atoms with E-state index in [1.54, 1.807) is 4.90 Å². The van der Waals surface area contributed by atoms with Crippen LogP contribution < -0.4 is 0 Å². The number of rotatable bonds is 4. The number of methoxy groups -OCH3 is 1. The van der Waals surface area contributed by atoms with Crippen LogP contribution in [-0.4, -0.2) is 29.9 Å². The second-order valence-corrected chi connectivity index (χ2v) is 7.27. The number of ether oxygens (including phenoxy) is 1. The Balaban J connectivity index is 1.52. The quantitative estimate of drug-likeness (QED) is 0.637. The summed E-state index contributed by atoms with van der Waals surface area (Å²) < 4.78 is 4.97. The molecule has 0 N–H and O–H groups in total. The van der Waals surface area contributed by atoms with E-state index in [0.29, 0.717) is 13.0 Å². The van der Waals surface area contributed by atoms with Crippen LogP contribution in [0.5, 0.6) is 0 Å². The van der Waals surface area contributed by atoms with Gasteiger partial charge in [-0.2, -0.15) is 0 Å². The van der Waals surface area contributed by atoms with E-state index in [1.807, 2.05) is 66.7 Å². The first kappa shape index (κ1) is 18.9. The Morgan fingerprint density at radius 3 is 2.17 bits per heavy atom. The molecule has 4 rings (SSSR count). The van der Waals surface area contributed by atoms with Crippen molar-refractivity contribution in [3.8, 4) is 11.1 Å². The van der Waals surface area contributed by atoms with Crippen molar-refractivity contribution in [1.29, 1.82) is 0 Å². The molecule has 4 heteroatoms. The molecule has 1 aliphatic rings. The fourth-order valence-electron chi connectivity index (χ4n) is 3.85. The maximum Gasteiger partial charge on any atom is 0.328 e. The number of fused-ring (bicyclic) bond motifs is 1. The Morgan fingerprint density at radius 1 is 0.862 bits per heavy atom. The zero-order valence-electron chi connectivity index (χ0n) is 16.4. The summed E-state index contributed by atoms with van der Waals surface area (Å²) in [6, 6.07) is 25.5. The van der Waals surface area contributed by atoms with Crippen molar-refractivity contribution in [1.82, 2.24) is 4.90 Å². The molecule has 1 unspecified atom stereocenters. The molecule has 0 saturated carbocycles. The van der Waals surface area contributed by atoms with Crippen LogP contribution in [0.15, 0.2) is 78.9 Å². The smallest absolute Gasteiger partial charge is 0.328 e. The molecule has 0 fully saturated rings. The topological polar surface area (TPSA) is 46.6 Å². The summed E-state index contributed by atoms with van der Waals surface area (Å²) in [5.41, 5.74) is 5.36. The number of carbonyl (C=O) groups is 2.